The fraction of sp³-hybridized carbons (Fsp3) is 0.400. The maximum atomic E-state index is 14.6. The van der Waals surface area contributed by atoms with Gasteiger partial charge in [-0.3, -0.25) is 14.8 Å². The van der Waals surface area contributed by atoms with Gasteiger partial charge in [-0.25, -0.2) is 9.37 Å². The number of aryl methyl sites for hydroxylation is 1. The molecule has 2 aromatic rings. The minimum Gasteiger partial charge on any atom is -0.364 e. The van der Waals surface area contributed by atoms with Crippen molar-refractivity contribution in [3.63, 3.8) is 0 Å². The molecule has 1 aliphatic heterocycles. The lowest BCUT2D eigenvalue weighted by molar-refractivity contribution is 0.0688. The smallest absolute Gasteiger partial charge is 0.259 e. The van der Waals surface area contributed by atoms with Crippen molar-refractivity contribution in [2.45, 2.75) is 31.8 Å². The highest BCUT2D eigenvalue weighted by Gasteiger charge is 2.47. The van der Waals surface area contributed by atoms with E-state index in [1.807, 2.05) is 6.92 Å². The van der Waals surface area contributed by atoms with Crippen molar-refractivity contribution >= 4 is 24.1 Å². The van der Waals surface area contributed by atoms with Crippen LogP contribution in [0.1, 0.15) is 28.9 Å². The van der Waals surface area contributed by atoms with Crippen molar-refractivity contribution in [1.82, 2.24) is 14.9 Å². The Morgan fingerprint density at radius 1 is 1.36 bits per heavy atom. The third-order valence-electron chi connectivity index (χ3n) is 5.62. The average Bonchev–Trinajstić information content (AvgIpc) is 3.29. The number of halogens is 1. The molecule has 8 heteroatoms. The van der Waals surface area contributed by atoms with Crippen LogP contribution in [-0.2, 0) is 0 Å². The van der Waals surface area contributed by atoms with Crippen LogP contribution >= 0.6 is 0 Å². The van der Waals surface area contributed by atoms with Crippen molar-refractivity contribution in [1.29, 1.82) is 0 Å². The van der Waals surface area contributed by atoms with Crippen LogP contribution < -0.4 is 10.3 Å². The molecule has 2 fully saturated rings. The third-order valence-corrected chi connectivity index (χ3v) is 5.62. The van der Waals surface area contributed by atoms with Crippen molar-refractivity contribution in [3.05, 3.63) is 47.7 Å². The molecule has 1 amide bonds. The van der Waals surface area contributed by atoms with Crippen LogP contribution in [0.25, 0.3) is 0 Å². The molecule has 1 N–H and O–H groups in total. The molecule has 4 rings (SSSR count). The van der Waals surface area contributed by atoms with Crippen molar-refractivity contribution in [3.8, 4) is 0 Å². The van der Waals surface area contributed by atoms with E-state index < -0.39 is 5.82 Å². The van der Waals surface area contributed by atoms with Crippen LogP contribution in [0.4, 0.5) is 15.9 Å². The standard InChI is InChI=1S/C20H23FN6O/c1-12-9-24-18(10-23-12)25-15-7-13-8-17(15)27(11-13)20(28)19-14(21)5-4-6-16(19)26(3)22-2/h4-6,9-10,13,15,17H,2,7-8,11H2,1,3H3,(H,24,25). The van der Waals surface area contributed by atoms with Crippen LogP contribution in [-0.4, -0.2) is 53.2 Å². The fourth-order valence-corrected chi connectivity index (χ4v) is 4.28. The number of carbonyl (C=O) groups excluding carboxylic acids is 1. The van der Waals surface area contributed by atoms with Gasteiger partial charge >= 0.3 is 0 Å². The number of hydrogen-bond donors (Lipinski definition) is 1. The Morgan fingerprint density at radius 2 is 2.18 bits per heavy atom. The lowest BCUT2D eigenvalue weighted by atomic mass is 10.0. The molecule has 3 unspecified atom stereocenters. The number of aromatic nitrogens is 2. The van der Waals surface area contributed by atoms with Crippen molar-refractivity contribution in [2.75, 3.05) is 23.9 Å². The normalized spacial score (nSPS) is 23.0. The highest BCUT2D eigenvalue weighted by molar-refractivity contribution is 6.00. The summed E-state index contributed by atoms with van der Waals surface area (Å²) < 4.78 is 14.6. The highest BCUT2D eigenvalue weighted by atomic mass is 19.1. The summed E-state index contributed by atoms with van der Waals surface area (Å²) in [5.74, 6) is 0.236. The van der Waals surface area contributed by atoms with E-state index in [0.29, 0.717) is 24.0 Å². The Labute approximate surface area is 163 Å². The van der Waals surface area contributed by atoms with Crippen molar-refractivity contribution < 1.29 is 9.18 Å². The summed E-state index contributed by atoms with van der Waals surface area (Å²) in [6.45, 7) is 6.00. The van der Waals surface area contributed by atoms with E-state index in [-0.39, 0.29) is 23.6 Å². The second-order valence-corrected chi connectivity index (χ2v) is 7.46. The molecule has 1 saturated heterocycles. The number of hydrogen-bond acceptors (Lipinski definition) is 6. The molecule has 28 heavy (non-hydrogen) atoms. The number of carbonyl (C=O) groups is 1. The summed E-state index contributed by atoms with van der Waals surface area (Å²) in [6.07, 6.45) is 5.28. The summed E-state index contributed by atoms with van der Waals surface area (Å²) in [7, 11) is 1.65. The summed E-state index contributed by atoms with van der Waals surface area (Å²) >= 11 is 0. The molecule has 146 valence electrons. The monoisotopic (exact) mass is 382 g/mol. The number of benzene rings is 1. The fourth-order valence-electron chi connectivity index (χ4n) is 4.28. The number of nitrogens with one attached hydrogen (secondary N) is 1. The highest BCUT2D eigenvalue weighted by Crippen LogP contribution is 2.40. The summed E-state index contributed by atoms with van der Waals surface area (Å²) in [4.78, 5) is 23.7. The van der Waals surface area contributed by atoms with E-state index in [4.69, 9.17) is 0 Å². The first-order chi connectivity index (χ1) is 13.5. The van der Waals surface area contributed by atoms with Crippen LogP contribution in [0, 0.1) is 18.7 Å². The van der Waals surface area contributed by atoms with E-state index in [0.717, 1.165) is 18.5 Å². The molecule has 1 aromatic carbocycles. The predicted octanol–water partition coefficient (Wildman–Crippen LogP) is 2.69. The van der Waals surface area contributed by atoms with Crippen LogP contribution in [0.5, 0.6) is 0 Å². The van der Waals surface area contributed by atoms with Gasteiger partial charge in [0.25, 0.3) is 5.91 Å². The molecular formula is C20H23FN6O. The van der Waals surface area contributed by atoms with Crippen molar-refractivity contribution in [2.24, 2.45) is 11.0 Å². The average molecular weight is 382 g/mol. The van der Waals surface area contributed by atoms with Gasteiger partial charge in [-0.05, 0) is 37.8 Å². The molecule has 1 aliphatic carbocycles. The maximum Gasteiger partial charge on any atom is 0.259 e. The van der Waals surface area contributed by atoms with Gasteiger partial charge in [-0.1, -0.05) is 6.07 Å². The molecule has 1 saturated carbocycles. The van der Waals surface area contributed by atoms with Gasteiger partial charge in [-0.2, -0.15) is 5.10 Å². The Hall–Kier alpha value is -3.03. The van der Waals surface area contributed by atoms with Gasteiger partial charge < -0.3 is 10.2 Å². The van der Waals surface area contributed by atoms with E-state index in [2.05, 4.69) is 27.1 Å². The summed E-state index contributed by atoms with van der Waals surface area (Å²) in [6, 6.07) is 4.62. The minimum atomic E-state index is -0.547. The zero-order valence-electron chi connectivity index (χ0n) is 16.0. The third kappa shape index (κ3) is 3.19. The van der Waals surface area contributed by atoms with E-state index in [1.54, 1.807) is 36.5 Å². The molecular weight excluding hydrogens is 359 g/mol. The van der Waals surface area contributed by atoms with Gasteiger partial charge in [0.2, 0.25) is 0 Å². The van der Waals surface area contributed by atoms with E-state index in [9.17, 15) is 9.18 Å². The minimum absolute atomic E-state index is 0.00458. The number of piperidine rings is 1. The van der Waals surface area contributed by atoms with Crippen LogP contribution in [0.15, 0.2) is 35.7 Å². The Kier molecular flexibility index (Phi) is 4.70. The number of hydrazone groups is 1. The largest absolute Gasteiger partial charge is 0.364 e. The van der Waals surface area contributed by atoms with Gasteiger partial charge in [0.05, 0.1) is 29.8 Å². The Morgan fingerprint density at radius 3 is 2.86 bits per heavy atom. The Bertz CT molecular complexity index is 902. The van der Waals surface area contributed by atoms with Crippen LogP contribution in [0.3, 0.4) is 0 Å². The predicted molar refractivity (Wildman–Crippen MR) is 106 cm³/mol. The Balaban J connectivity index is 1.58. The number of likely N-dealkylation sites (tertiary alicyclic amines) is 1. The molecule has 0 spiro atoms. The maximum absolute atomic E-state index is 14.6. The van der Waals surface area contributed by atoms with Gasteiger partial charge in [0.1, 0.15) is 17.2 Å². The first-order valence-corrected chi connectivity index (χ1v) is 9.33. The summed E-state index contributed by atoms with van der Waals surface area (Å²) in [5.41, 5.74) is 1.30. The first kappa shape index (κ1) is 18.3. The number of amides is 1. The summed E-state index contributed by atoms with van der Waals surface area (Å²) in [5, 5.41) is 8.63. The van der Waals surface area contributed by atoms with Crippen LogP contribution in [0.2, 0.25) is 0 Å². The molecule has 2 aliphatic rings. The van der Waals surface area contributed by atoms with Gasteiger partial charge in [-0.15, -0.1) is 0 Å². The zero-order chi connectivity index (χ0) is 19.8. The zero-order valence-corrected chi connectivity index (χ0v) is 16.0. The van der Waals surface area contributed by atoms with Gasteiger partial charge in [0.15, 0.2) is 0 Å². The second-order valence-electron chi connectivity index (χ2n) is 7.46. The number of anilines is 2. The molecule has 1 aromatic heterocycles. The first-order valence-electron chi connectivity index (χ1n) is 9.33. The molecule has 7 nitrogen and oxygen atoms in total. The van der Waals surface area contributed by atoms with E-state index >= 15 is 0 Å². The topological polar surface area (TPSA) is 73.7 Å². The second kappa shape index (κ2) is 7.18. The molecule has 3 atom stereocenters. The SMILES string of the molecule is C=NN(C)c1cccc(F)c1C(=O)N1CC2CC(Nc3cnc(C)cn3)C1C2. The molecule has 2 heterocycles. The van der Waals surface area contributed by atoms with E-state index in [1.165, 1.54) is 11.1 Å². The lowest BCUT2D eigenvalue weighted by Gasteiger charge is -2.34. The number of rotatable bonds is 5. The molecule has 0 radical (unpaired) electrons. The number of nitrogens with zero attached hydrogens (tertiary/aromatic N) is 5. The number of fused-ring (bicyclic) bond motifs is 2. The molecule has 2 bridgehead atoms. The van der Waals surface area contributed by atoms with Gasteiger partial charge in [0, 0.05) is 26.4 Å². The quantitative estimate of drug-likeness (QED) is 0.636. The lowest BCUT2D eigenvalue weighted by Crippen LogP contribution is -2.48.